The number of ether oxygens (including phenoxy) is 2. The van der Waals surface area contributed by atoms with E-state index in [1.165, 1.54) is 12.0 Å². The molecule has 6 nitrogen and oxygen atoms in total. The Balaban J connectivity index is 1.68. The number of rotatable bonds is 10. The van der Waals surface area contributed by atoms with Crippen LogP contribution in [0.15, 0.2) is 35.9 Å². The number of fused-ring (bicyclic) bond motifs is 2. The third kappa shape index (κ3) is 5.75. The molecule has 0 spiro atoms. The predicted molar refractivity (Wildman–Crippen MR) is 124 cm³/mol. The molecule has 0 fully saturated rings. The highest BCUT2D eigenvalue weighted by molar-refractivity contribution is 5.79. The molecule has 2 aliphatic rings. The molecule has 1 aliphatic carbocycles. The van der Waals surface area contributed by atoms with E-state index in [-0.39, 0.29) is 24.4 Å². The summed E-state index contributed by atoms with van der Waals surface area (Å²) in [6, 6.07) is 8.56. The van der Waals surface area contributed by atoms with Gasteiger partial charge in [-0.15, -0.1) is 10.2 Å². The molecule has 0 saturated carbocycles. The standard InChI is InChI=1S/C25H30F4N4O2/c1-16-12-19-18-7-4-3-6-17(18)13-20(19)23(33(16)15-25(27,28)29)21-14-22(31-32-24(21)34-2)35-11-10-30-9-5-8-26/h3-4,6-7,14,16,23,30H,5,8-13,15H2,1-2H3/t16-,23+/m1/s1. The highest BCUT2D eigenvalue weighted by Gasteiger charge is 2.44. The van der Waals surface area contributed by atoms with E-state index >= 15 is 0 Å². The number of benzene rings is 1. The average molecular weight is 495 g/mol. The van der Waals surface area contributed by atoms with Crippen molar-refractivity contribution in [1.29, 1.82) is 0 Å². The summed E-state index contributed by atoms with van der Waals surface area (Å²) in [5.74, 6) is 0.378. The summed E-state index contributed by atoms with van der Waals surface area (Å²) in [7, 11) is 1.43. The van der Waals surface area contributed by atoms with Crippen LogP contribution in [0, 0.1) is 0 Å². The minimum Gasteiger partial charge on any atom is -0.480 e. The van der Waals surface area contributed by atoms with Crippen molar-refractivity contribution < 1.29 is 27.0 Å². The molecule has 2 aromatic rings. The van der Waals surface area contributed by atoms with Gasteiger partial charge in [0.15, 0.2) is 0 Å². The fraction of sp³-hybridized carbons (Fsp3) is 0.520. The van der Waals surface area contributed by atoms with Crippen molar-refractivity contribution in [2.24, 2.45) is 0 Å². The summed E-state index contributed by atoms with van der Waals surface area (Å²) in [5, 5.41) is 11.2. The summed E-state index contributed by atoms with van der Waals surface area (Å²) in [5.41, 5.74) is 4.73. The smallest absolute Gasteiger partial charge is 0.401 e. The maximum atomic E-state index is 13.7. The van der Waals surface area contributed by atoms with Crippen molar-refractivity contribution in [3.8, 4) is 11.8 Å². The molecule has 10 heteroatoms. The molecule has 2 heterocycles. The number of alkyl halides is 4. The molecule has 1 N–H and O–H groups in total. The zero-order valence-electron chi connectivity index (χ0n) is 19.9. The van der Waals surface area contributed by atoms with Gasteiger partial charge in [0, 0.05) is 24.2 Å². The van der Waals surface area contributed by atoms with Crippen molar-refractivity contribution in [1.82, 2.24) is 20.4 Å². The Morgan fingerprint density at radius 3 is 2.71 bits per heavy atom. The maximum Gasteiger partial charge on any atom is 0.401 e. The molecule has 35 heavy (non-hydrogen) atoms. The van der Waals surface area contributed by atoms with Gasteiger partial charge in [-0.3, -0.25) is 9.29 Å². The second-order valence-corrected chi connectivity index (χ2v) is 8.87. The van der Waals surface area contributed by atoms with Crippen molar-refractivity contribution in [2.75, 3.05) is 40.0 Å². The van der Waals surface area contributed by atoms with E-state index in [9.17, 15) is 17.6 Å². The minimum atomic E-state index is -4.37. The third-order valence-corrected chi connectivity index (χ3v) is 6.47. The second kappa shape index (κ2) is 10.9. The van der Waals surface area contributed by atoms with Gasteiger partial charge in [0.1, 0.15) is 6.61 Å². The fourth-order valence-corrected chi connectivity index (χ4v) is 4.99. The van der Waals surface area contributed by atoms with Gasteiger partial charge in [-0.2, -0.15) is 13.2 Å². The third-order valence-electron chi connectivity index (χ3n) is 6.47. The van der Waals surface area contributed by atoms with Crippen molar-refractivity contribution in [3.05, 3.63) is 52.6 Å². The molecule has 190 valence electrons. The minimum absolute atomic E-state index is 0.174. The van der Waals surface area contributed by atoms with E-state index in [1.807, 2.05) is 31.2 Å². The van der Waals surface area contributed by atoms with E-state index in [0.717, 1.165) is 22.3 Å². The molecular formula is C25H30F4N4O2. The summed E-state index contributed by atoms with van der Waals surface area (Å²) in [4.78, 5) is 1.48. The zero-order chi connectivity index (χ0) is 25.0. The maximum absolute atomic E-state index is 13.7. The number of methoxy groups -OCH3 is 1. The molecule has 0 radical (unpaired) electrons. The number of hydrogen-bond donors (Lipinski definition) is 1. The topological polar surface area (TPSA) is 59.5 Å². The molecule has 1 aromatic carbocycles. The Morgan fingerprint density at radius 2 is 1.97 bits per heavy atom. The van der Waals surface area contributed by atoms with Crippen LogP contribution < -0.4 is 14.8 Å². The SMILES string of the molecule is COc1nnc(OCCNCCCF)cc1[C@@H]1C2=C(C[C@@H](C)N1CC(F)(F)F)c1ccccc1C2. The van der Waals surface area contributed by atoms with Gasteiger partial charge in [0.25, 0.3) is 0 Å². The van der Waals surface area contributed by atoms with E-state index < -0.39 is 25.4 Å². The van der Waals surface area contributed by atoms with Crippen LogP contribution in [0.4, 0.5) is 17.6 Å². The summed E-state index contributed by atoms with van der Waals surface area (Å²) in [6.45, 7) is 1.66. The van der Waals surface area contributed by atoms with Gasteiger partial charge in [-0.1, -0.05) is 24.3 Å². The summed E-state index contributed by atoms with van der Waals surface area (Å²) < 4.78 is 64.5. The van der Waals surface area contributed by atoms with Gasteiger partial charge in [-0.05, 0) is 55.0 Å². The molecule has 2 atom stereocenters. The Kier molecular flexibility index (Phi) is 7.91. The average Bonchev–Trinajstić information content (AvgIpc) is 3.19. The number of aromatic nitrogens is 2. The molecule has 0 amide bonds. The van der Waals surface area contributed by atoms with Crippen molar-refractivity contribution in [2.45, 2.75) is 44.4 Å². The molecule has 1 aromatic heterocycles. The number of hydrogen-bond acceptors (Lipinski definition) is 6. The van der Waals surface area contributed by atoms with Gasteiger partial charge < -0.3 is 14.8 Å². The largest absolute Gasteiger partial charge is 0.480 e. The molecule has 1 aliphatic heterocycles. The van der Waals surface area contributed by atoms with E-state index in [1.54, 1.807) is 6.07 Å². The Hall–Kier alpha value is -2.72. The molecule has 0 saturated heterocycles. The zero-order valence-corrected chi connectivity index (χ0v) is 19.9. The predicted octanol–water partition coefficient (Wildman–Crippen LogP) is 4.52. The Labute approximate surface area is 202 Å². The molecule has 0 unspecified atom stereocenters. The molecular weight excluding hydrogens is 464 g/mol. The van der Waals surface area contributed by atoms with Crippen LogP contribution in [0.5, 0.6) is 11.8 Å². The van der Waals surface area contributed by atoms with Crippen LogP contribution in [0.25, 0.3) is 5.57 Å². The highest BCUT2D eigenvalue weighted by Crippen LogP contribution is 2.50. The van der Waals surface area contributed by atoms with Crippen molar-refractivity contribution >= 4 is 5.57 Å². The first-order chi connectivity index (χ1) is 16.8. The lowest BCUT2D eigenvalue weighted by molar-refractivity contribution is -0.155. The van der Waals surface area contributed by atoms with Gasteiger partial charge >= 0.3 is 6.18 Å². The quantitative estimate of drug-likeness (QED) is 0.387. The van der Waals surface area contributed by atoms with Crippen LogP contribution in [-0.2, 0) is 6.42 Å². The number of nitrogens with zero attached hydrogens (tertiary/aromatic N) is 3. The van der Waals surface area contributed by atoms with Crippen molar-refractivity contribution in [3.63, 3.8) is 0 Å². The van der Waals surface area contributed by atoms with Gasteiger partial charge in [0.2, 0.25) is 11.8 Å². The van der Waals surface area contributed by atoms with E-state index in [2.05, 4.69) is 15.5 Å². The van der Waals surface area contributed by atoms with Crippen LogP contribution in [0.3, 0.4) is 0 Å². The normalized spacial score (nSPS) is 20.1. The van der Waals surface area contributed by atoms with E-state index in [0.29, 0.717) is 37.9 Å². The first kappa shape index (κ1) is 25.4. The van der Waals surface area contributed by atoms with Crippen LogP contribution in [0.2, 0.25) is 0 Å². The Bertz CT molecular complexity index is 1060. The summed E-state index contributed by atoms with van der Waals surface area (Å²) in [6.07, 6.45) is -2.85. The second-order valence-electron chi connectivity index (χ2n) is 8.87. The molecule has 0 bridgehead atoms. The van der Waals surface area contributed by atoms with Gasteiger partial charge in [0.05, 0.1) is 26.4 Å². The highest BCUT2D eigenvalue weighted by atomic mass is 19.4. The Morgan fingerprint density at radius 1 is 1.17 bits per heavy atom. The summed E-state index contributed by atoms with van der Waals surface area (Å²) >= 11 is 0. The number of nitrogens with one attached hydrogen (secondary N) is 1. The van der Waals surface area contributed by atoms with Gasteiger partial charge in [-0.25, -0.2) is 0 Å². The lowest BCUT2D eigenvalue weighted by Gasteiger charge is -2.42. The van der Waals surface area contributed by atoms with Crippen LogP contribution >= 0.6 is 0 Å². The first-order valence-electron chi connectivity index (χ1n) is 11.8. The lowest BCUT2D eigenvalue weighted by Crippen LogP contribution is -2.46. The number of halogens is 4. The van der Waals surface area contributed by atoms with Crippen LogP contribution in [0.1, 0.15) is 42.5 Å². The van der Waals surface area contributed by atoms with E-state index in [4.69, 9.17) is 9.47 Å². The monoisotopic (exact) mass is 494 g/mol. The fourth-order valence-electron chi connectivity index (χ4n) is 4.99. The van der Waals surface area contributed by atoms with Crippen LogP contribution in [-0.4, -0.2) is 67.3 Å². The first-order valence-corrected chi connectivity index (χ1v) is 11.8. The molecule has 4 rings (SSSR count). The lowest BCUT2D eigenvalue weighted by atomic mass is 9.85.